The minimum absolute atomic E-state index is 0.195. The molecular formula is C7H11NO5. The van der Waals surface area contributed by atoms with E-state index in [4.69, 9.17) is 10.2 Å². The van der Waals surface area contributed by atoms with Crippen LogP contribution in [0, 0.1) is 0 Å². The summed E-state index contributed by atoms with van der Waals surface area (Å²) in [6.45, 7) is 4.36. The maximum absolute atomic E-state index is 10.8. The van der Waals surface area contributed by atoms with E-state index in [1.807, 2.05) is 0 Å². The maximum Gasteiger partial charge on any atom is 0.409 e. The molecule has 1 unspecified atom stereocenters. The lowest BCUT2D eigenvalue weighted by atomic mass is 10.4. The van der Waals surface area contributed by atoms with Crippen LogP contribution >= 0.6 is 0 Å². The molecule has 1 atom stereocenters. The highest BCUT2D eigenvalue weighted by atomic mass is 16.5. The van der Waals surface area contributed by atoms with Crippen LogP contribution in [0.4, 0.5) is 4.79 Å². The zero-order chi connectivity index (χ0) is 10.4. The van der Waals surface area contributed by atoms with E-state index < -0.39 is 18.2 Å². The average Bonchev–Trinajstić information content (AvgIpc) is 1.98. The van der Waals surface area contributed by atoms with Crippen molar-refractivity contribution < 1.29 is 24.5 Å². The first-order chi connectivity index (χ1) is 5.93. The van der Waals surface area contributed by atoms with Crippen molar-refractivity contribution in [1.29, 1.82) is 0 Å². The summed E-state index contributed by atoms with van der Waals surface area (Å²) in [6, 6.07) is 0. The van der Waals surface area contributed by atoms with Gasteiger partial charge in [-0.25, -0.2) is 9.59 Å². The molecule has 0 aliphatic heterocycles. The average molecular weight is 189 g/mol. The standard InChI is InChI=1S/C7H11NO5/c1-4(9)3-13-6(10)5(2)8-7(11)12/h4,8-9H,2-3H2,1H3,(H,11,12). The summed E-state index contributed by atoms with van der Waals surface area (Å²) in [6.07, 6.45) is -2.18. The van der Waals surface area contributed by atoms with E-state index >= 15 is 0 Å². The predicted molar refractivity (Wildman–Crippen MR) is 42.9 cm³/mol. The molecule has 0 aromatic heterocycles. The molecule has 0 radical (unpaired) electrons. The zero-order valence-corrected chi connectivity index (χ0v) is 7.11. The lowest BCUT2D eigenvalue weighted by Gasteiger charge is -2.07. The Morgan fingerprint density at radius 1 is 1.62 bits per heavy atom. The first-order valence-corrected chi connectivity index (χ1v) is 3.47. The number of hydrogen-bond donors (Lipinski definition) is 3. The number of hydrogen-bond acceptors (Lipinski definition) is 4. The molecule has 0 aromatic rings. The molecule has 0 saturated heterocycles. The lowest BCUT2D eigenvalue weighted by molar-refractivity contribution is -0.142. The molecule has 3 N–H and O–H groups in total. The van der Waals surface area contributed by atoms with Crippen molar-refractivity contribution in [1.82, 2.24) is 5.32 Å². The van der Waals surface area contributed by atoms with Crippen molar-refractivity contribution in [2.24, 2.45) is 0 Å². The molecule has 1 amide bonds. The fourth-order valence-electron chi connectivity index (χ4n) is 0.464. The van der Waals surface area contributed by atoms with E-state index in [0.717, 1.165) is 0 Å². The topological polar surface area (TPSA) is 95.9 Å². The number of aliphatic hydroxyl groups excluding tert-OH is 1. The number of rotatable bonds is 4. The van der Waals surface area contributed by atoms with Gasteiger partial charge in [-0.2, -0.15) is 0 Å². The quantitative estimate of drug-likeness (QED) is 0.416. The molecule has 0 saturated carbocycles. The largest absolute Gasteiger partial charge is 0.465 e. The van der Waals surface area contributed by atoms with Crippen LogP contribution < -0.4 is 5.32 Å². The second kappa shape index (κ2) is 5.15. The molecule has 0 rings (SSSR count). The number of carbonyl (C=O) groups is 2. The predicted octanol–water partition coefficient (Wildman–Crippen LogP) is -0.308. The fourth-order valence-corrected chi connectivity index (χ4v) is 0.464. The molecule has 0 aliphatic rings. The number of amides is 1. The molecule has 6 heteroatoms. The molecule has 13 heavy (non-hydrogen) atoms. The van der Waals surface area contributed by atoms with E-state index in [9.17, 15) is 9.59 Å². The van der Waals surface area contributed by atoms with Gasteiger partial charge in [-0.3, -0.25) is 5.32 Å². The van der Waals surface area contributed by atoms with Crippen LogP contribution in [0.25, 0.3) is 0 Å². The van der Waals surface area contributed by atoms with Crippen molar-refractivity contribution in [3.8, 4) is 0 Å². The van der Waals surface area contributed by atoms with E-state index in [1.54, 1.807) is 5.32 Å². The first-order valence-electron chi connectivity index (χ1n) is 3.47. The van der Waals surface area contributed by atoms with Gasteiger partial charge in [-0.05, 0) is 6.92 Å². The summed E-state index contributed by atoms with van der Waals surface area (Å²) >= 11 is 0. The highest BCUT2D eigenvalue weighted by Gasteiger charge is 2.11. The van der Waals surface area contributed by atoms with Crippen molar-refractivity contribution >= 4 is 12.1 Å². The van der Waals surface area contributed by atoms with Crippen LogP contribution in [0.2, 0.25) is 0 Å². The summed E-state index contributed by atoms with van der Waals surface area (Å²) in [7, 11) is 0. The van der Waals surface area contributed by atoms with Crippen LogP contribution in [0.1, 0.15) is 6.92 Å². The van der Waals surface area contributed by atoms with E-state index in [2.05, 4.69) is 11.3 Å². The Hall–Kier alpha value is -1.56. The van der Waals surface area contributed by atoms with Crippen LogP contribution in [-0.2, 0) is 9.53 Å². The van der Waals surface area contributed by atoms with Crippen molar-refractivity contribution in [3.63, 3.8) is 0 Å². The molecule has 0 heterocycles. The Morgan fingerprint density at radius 2 is 2.15 bits per heavy atom. The minimum Gasteiger partial charge on any atom is -0.465 e. The highest BCUT2D eigenvalue weighted by Crippen LogP contribution is 1.91. The third-order valence-corrected chi connectivity index (χ3v) is 0.960. The number of nitrogens with one attached hydrogen (secondary N) is 1. The van der Waals surface area contributed by atoms with Gasteiger partial charge in [-0.15, -0.1) is 0 Å². The minimum atomic E-state index is -1.39. The van der Waals surface area contributed by atoms with Gasteiger partial charge in [-0.1, -0.05) is 6.58 Å². The lowest BCUT2D eigenvalue weighted by Crippen LogP contribution is -2.27. The summed E-state index contributed by atoms with van der Waals surface area (Å²) in [4.78, 5) is 20.8. The summed E-state index contributed by atoms with van der Waals surface area (Å²) in [5.41, 5.74) is -0.381. The van der Waals surface area contributed by atoms with E-state index in [0.29, 0.717) is 0 Å². The van der Waals surface area contributed by atoms with Crippen LogP contribution in [0.15, 0.2) is 12.3 Å². The number of esters is 1. The van der Waals surface area contributed by atoms with Gasteiger partial charge in [0.2, 0.25) is 0 Å². The van der Waals surface area contributed by atoms with E-state index in [1.165, 1.54) is 6.92 Å². The molecule has 0 fully saturated rings. The summed E-state index contributed by atoms with van der Waals surface area (Å²) in [5.74, 6) is -0.900. The van der Waals surface area contributed by atoms with Crippen LogP contribution in [0.5, 0.6) is 0 Å². The van der Waals surface area contributed by atoms with Crippen molar-refractivity contribution in [2.75, 3.05) is 6.61 Å². The van der Waals surface area contributed by atoms with Gasteiger partial charge < -0.3 is 14.9 Å². The van der Waals surface area contributed by atoms with Gasteiger partial charge in [0.25, 0.3) is 0 Å². The number of carboxylic acid groups (broad SMARTS) is 1. The van der Waals surface area contributed by atoms with Gasteiger partial charge >= 0.3 is 12.1 Å². The Kier molecular flexibility index (Phi) is 4.53. The fraction of sp³-hybridized carbons (Fsp3) is 0.429. The Morgan fingerprint density at radius 3 is 2.54 bits per heavy atom. The monoisotopic (exact) mass is 189 g/mol. The second-order valence-corrected chi connectivity index (χ2v) is 2.36. The zero-order valence-electron chi connectivity index (χ0n) is 7.11. The smallest absolute Gasteiger partial charge is 0.409 e. The van der Waals surface area contributed by atoms with Gasteiger partial charge in [0.15, 0.2) is 0 Å². The second-order valence-electron chi connectivity index (χ2n) is 2.36. The molecule has 0 spiro atoms. The Balaban J connectivity index is 3.83. The maximum atomic E-state index is 10.8. The molecular weight excluding hydrogens is 178 g/mol. The van der Waals surface area contributed by atoms with Crippen molar-refractivity contribution in [3.05, 3.63) is 12.3 Å². The number of ether oxygens (including phenoxy) is 1. The molecule has 0 bridgehead atoms. The van der Waals surface area contributed by atoms with Gasteiger partial charge in [0.05, 0.1) is 6.10 Å². The molecule has 0 aliphatic carbocycles. The summed E-state index contributed by atoms with van der Waals surface area (Å²) in [5, 5.41) is 18.6. The third kappa shape index (κ3) is 5.68. The Bertz CT molecular complexity index is 223. The van der Waals surface area contributed by atoms with Crippen LogP contribution in [0.3, 0.4) is 0 Å². The van der Waals surface area contributed by atoms with Crippen molar-refractivity contribution in [2.45, 2.75) is 13.0 Å². The number of aliphatic hydroxyl groups is 1. The third-order valence-electron chi connectivity index (χ3n) is 0.960. The normalized spacial score (nSPS) is 11.5. The SMILES string of the molecule is C=C(NC(=O)O)C(=O)OCC(C)O. The van der Waals surface area contributed by atoms with E-state index in [-0.39, 0.29) is 12.3 Å². The Labute approximate surface area is 74.8 Å². The first kappa shape index (κ1) is 11.4. The summed E-state index contributed by atoms with van der Waals surface area (Å²) < 4.78 is 4.45. The van der Waals surface area contributed by atoms with Gasteiger partial charge in [0, 0.05) is 0 Å². The molecule has 74 valence electrons. The highest BCUT2D eigenvalue weighted by molar-refractivity contribution is 5.91. The van der Waals surface area contributed by atoms with Crippen LogP contribution in [-0.4, -0.2) is 35.0 Å². The molecule has 0 aromatic carbocycles. The van der Waals surface area contributed by atoms with Gasteiger partial charge in [0.1, 0.15) is 12.3 Å². The molecule has 6 nitrogen and oxygen atoms in total. The number of carbonyl (C=O) groups excluding carboxylic acids is 1.